The first kappa shape index (κ1) is 13.6. The molecule has 0 saturated heterocycles. The summed E-state index contributed by atoms with van der Waals surface area (Å²) in [6, 6.07) is 5.73. The zero-order valence-electron chi connectivity index (χ0n) is 12.1. The number of nitrogens with zero attached hydrogens (tertiary/aromatic N) is 1. The molecule has 0 saturated carbocycles. The lowest BCUT2D eigenvalue weighted by Gasteiger charge is -2.26. The number of benzene rings is 1. The van der Waals surface area contributed by atoms with Crippen LogP contribution in [-0.2, 0) is 11.2 Å². The number of nitrogens with one attached hydrogen (secondary N) is 1. The fourth-order valence-corrected chi connectivity index (χ4v) is 2.87. The van der Waals surface area contributed by atoms with E-state index < -0.39 is 0 Å². The van der Waals surface area contributed by atoms with E-state index in [4.69, 9.17) is 4.74 Å². The van der Waals surface area contributed by atoms with Crippen molar-refractivity contribution >= 4 is 11.5 Å². The number of carbonyl (C=O) groups is 1. The van der Waals surface area contributed by atoms with Gasteiger partial charge in [0.25, 0.3) is 0 Å². The maximum atomic E-state index is 11.9. The summed E-state index contributed by atoms with van der Waals surface area (Å²) in [7, 11) is 0. The highest BCUT2D eigenvalue weighted by molar-refractivity contribution is 5.91. The predicted octanol–water partition coefficient (Wildman–Crippen LogP) is 3.33. The standard InChI is InChI=1S/C17H18N2O2/c1-3-21-17(20)13-5-4-12-6-7-14(11(2)15(12)10-13)16-18-8-9-19-16/h4-5,8-10,14H,2-3,6-7H2,1H3,(H,18,19). The largest absolute Gasteiger partial charge is 0.462 e. The van der Waals surface area contributed by atoms with Crippen molar-refractivity contribution in [2.45, 2.75) is 25.7 Å². The Bertz CT molecular complexity index is 674. The van der Waals surface area contributed by atoms with E-state index in [2.05, 4.69) is 16.5 Å². The molecule has 0 fully saturated rings. The van der Waals surface area contributed by atoms with Gasteiger partial charge in [-0.15, -0.1) is 0 Å². The summed E-state index contributed by atoms with van der Waals surface area (Å²) < 4.78 is 5.07. The number of rotatable bonds is 3. The molecule has 0 aliphatic heterocycles. The van der Waals surface area contributed by atoms with E-state index in [1.807, 2.05) is 31.3 Å². The Morgan fingerprint density at radius 1 is 1.52 bits per heavy atom. The maximum Gasteiger partial charge on any atom is 0.338 e. The molecule has 0 amide bonds. The maximum absolute atomic E-state index is 11.9. The number of carbonyl (C=O) groups excluding carboxylic acids is 1. The van der Waals surface area contributed by atoms with Crippen molar-refractivity contribution in [3.8, 4) is 0 Å². The van der Waals surface area contributed by atoms with Crippen molar-refractivity contribution in [2.75, 3.05) is 6.61 Å². The molecule has 4 nitrogen and oxygen atoms in total. The molecule has 1 unspecified atom stereocenters. The van der Waals surface area contributed by atoms with Crippen molar-refractivity contribution in [1.82, 2.24) is 9.97 Å². The zero-order valence-corrected chi connectivity index (χ0v) is 12.1. The highest BCUT2D eigenvalue weighted by Gasteiger charge is 2.26. The van der Waals surface area contributed by atoms with Crippen molar-refractivity contribution in [2.24, 2.45) is 0 Å². The normalized spacial score (nSPS) is 17.4. The van der Waals surface area contributed by atoms with Gasteiger partial charge in [-0.25, -0.2) is 9.78 Å². The van der Waals surface area contributed by atoms with Crippen LogP contribution in [0.3, 0.4) is 0 Å². The van der Waals surface area contributed by atoms with Gasteiger partial charge in [0, 0.05) is 18.3 Å². The molecule has 1 aromatic heterocycles. The Morgan fingerprint density at radius 2 is 2.38 bits per heavy atom. The molecule has 1 heterocycles. The lowest BCUT2D eigenvalue weighted by molar-refractivity contribution is 0.0526. The van der Waals surface area contributed by atoms with Crippen LogP contribution in [0.2, 0.25) is 0 Å². The molecule has 0 radical (unpaired) electrons. The van der Waals surface area contributed by atoms with Crippen LogP contribution in [0.25, 0.3) is 5.57 Å². The molecule has 108 valence electrons. The number of hydrogen-bond acceptors (Lipinski definition) is 3. The van der Waals surface area contributed by atoms with Crippen LogP contribution < -0.4 is 0 Å². The molecule has 1 aliphatic rings. The summed E-state index contributed by atoms with van der Waals surface area (Å²) in [4.78, 5) is 19.4. The lowest BCUT2D eigenvalue weighted by atomic mass is 9.79. The molecule has 1 N–H and O–H groups in total. The van der Waals surface area contributed by atoms with Gasteiger partial charge in [0.15, 0.2) is 0 Å². The second-order valence-corrected chi connectivity index (χ2v) is 5.18. The number of allylic oxidation sites excluding steroid dienone is 1. The van der Waals surface area contributed by atoms with Crippen LogP contribution in [0.1, 0.15) is 46.6 Å². The minimum Gasteiger partial charge on any atom is -0.462 e. The summed E-state index contributed by atoms with van der Waals surface area (Å²) in [6.45, 7) is 6.42. The van der Waals surface area contributed by atoms with Crippen LogP contribution in [-0.4, -0.2) is 22.5 Å². The third-order valence-electron chi connectivity index (χ3n) is 3.94. The first-order valence-electron chi connectivity index (χ1n) is 7.19. The van der Waals surface area contributed by atoms with E-state index in [-0.39, 0.29) is 11.9 Å². The molecule has 2 aromatic rings. The molecular weight excluding hydrogens is 264 g/mol. The minimum absolute atomic E-state index is 0.185. The Morgan fingerprint density at radius 3 is 3.10 bits per heavy atom. The van der Waals surface area contributed by atoms with Gasteiger partial charge in [-0.2, -0.15) is 0 Å². The number of ether oxygens (including phenoxy) is 1. The number of H-pyrrole nitrogens is 1. The molecule has 0 bridgehead atoms. The highest BCUT2D eigenvalue weighted by Crippen LogP contribution is 2.39. The predicted molar refractivity (Wildman–Crippen MR) is 81.1 cm³/mol. The topological polar surface area (TPSA) is 55.0 Å². The van der Waals surface area contributed by atoms with Gasteiger partial charge in [-0.1, -0.05) is 12.6 Å². The molecular formula is C17H18N2O2. The van der Waals surface area contributed by atoms with Gasteiger partial charge >= 0.3 is 5.97 Å². The molecule has 4 heteroatoms. The number of hydrogen-bond donors (Lipinski definition) is 1. The quantitative estimate of drug-likeness (QED) is 0.878. The van der Waals surface area contributed by atoms with E-state index in [0.29, 0.717) is 12.2 Å². The van der Waals surface area contributed by atoms with Crippen molar-refractivity contribution in [3.05, 3.63) is 59.7 Å². The van der Waals surface area contributed by atoms with E-state index in [9.17, 15) is 4.79 Å². The van der Waals surface area contributed by atoms with Crippen LogP contribution in [0.4, 0.5) is 0 Å². The van der Waals surface area contributed by atoms with Crippen LogP contribution in [0.5, 0.6) is 0 Å². The molecule has 3 rings (SSSR count). The molecule has 1 aliphatic carbocycles. The van der Waals surface area contributed by atoms with Crippen LogP contribution in [0, 0.1) is 0 Å². The number of esters is 1. The van der Waals surface area contributed by atoms with Crippen molar-refractivity contribution in [1.29, 1.82) is 0 Å². The summed E-state index contributed by atoms with van der Waals surface area (Å²) in [5.74, 6) is 0.838. The number of aromatic nitrogens is 2. The van der Waals surface area contributed by atoms with E-state index in [1.165, 1.54) is 5.56 Å². The molecule has 1 aromatic carbocycles. The summed E-state index contributed by atoms with van der Waals surface area (Å²) in [5, 5.41) is 0. The second kappa shape index (κ2) is 5.56. The Labute approximate surface area is 123 Å². The average Bonchev–Trinajstić information content (AvgIpc) is 3.02. The SMILES string of the molecule is C=C1c2cc(C(=O)OCC)ccc2CCC1c1ncc[nH]1. The smallest absolute Gasteiger partial charge is 0.338 e. The third-order valence-corrected chi connectivity index (χ3v) is 3.94. The van der Waals surface area contributed by atoms with E-state index in [1.54, 1.807) is 6.20 Å². The molecule has 0 spiro atoms. The van der Waals surface area contributed by atoms with Crippen molar-refractivity contribution < 1.29 is 9.53 Å². The van der Waals surface area contributed by atoms with Gasteiger partial charge < -0.3 is 9.72 Å². The number of imidazole rings is 1. The summed E-state index contributed by atoms with van der Waals surface area (Å²) in [6.07, 6.45) is 5.53. The summed E-state index contributed by atoms with van der Waals surface area (Å²) in [5.41, 5.74) is 3.87. The summed E-state index contributed by atoms with van der Waals surface area (Å²) >= 11 is 0. The van der Waals surface area contributed by atoms with E-state index >= 15 is 0 Å². The number of fused-ring (bicyclic) bond motifs is 1. The second-order valence-electron chi connectivity index (χ2n) is 5.18. The Kier molecular flexibility index (Phi) is 3.60. The molecule has 21 heavy (non-hydrogen) atoms. The average molecular weight is 282 g/mol. The zero-order chi connectivity index (χ0) is 14.8. The minimum atomic E-state index is -0.284. The fourth-order valence-electron chi connectivity index (χ4n) is 2.87. The number of aryl methyl sites for hydroxylation is 1. The van der Waals surface area contributed by atoms with Gasteiger partial charge in [0.05, 0.1) is 12.2 Å². The Hall–Kier alpha value is -2.36. The first-order chi connectivity index (χ1) is 10.2. The lowest BCUT2D eigenvalue weighted by Crippen LogP contribution is -2.14. The van der Waals surface area contributed by atoms with Gasteiger partial charge in [0.1, 0.15) is 5.82 Å². The van der Waals surface area contributed by atoms with Crippen molar-refractivity contribution in [3.63, 3.8) is 0 Å². The van der Waals surface area contributed by atoms with Gasteiger partial charge in [-0.05, 0) is 48.6 Å². The van der Waals surface area contributed by atoms with Gasteiger partial charge in [0.2, 0.25) is 0 Å². The third kappa shape index (κ3) is 2.49. The number of aromatic amines is 1. The first-order valence-corrected chi connectivity index (χ1v) is 7.19. The van der Waals surface area contributed by atoms with Crippen LogP contribution >= 0.6 is 0 Å². The van der Waals surface area contributed by atoms with Gasteiger partial charge in [-0.3, -0.25) is 0 Å². The monoisotopic (exact) mass is 282 g/mol. The van der Waals surface area contributed by atoms with Crippen LogP contribution in [0.15, 0.2) is 37.2 Å². The Balaban J connectivity index is 1.94. The fraction of sp³-hybridized carbons (Fsp3) is 0.294. The van der Waals surface area contributed by atoms with E-state index in [0.717, 1.165) is 29.8 Å². The molecule has 1 atom stereocenters. The highest BCUT2D eigenvalue weighted by atomic mass is 16.5.